The predicted octanol–water partition coefficient (Wildman–Crippen LogP) is 3.60. The standard InChI is InChI=1S/C17H13F3N2O3/c1-25-16(24)10-2-4-14-11(6-10)8-21-22(14)9-12-7-13(17(18,19)20)3-5-15(12)23/h2-8,23H,9H2,1H3. The van der Waals surface area contributed by atoms with Crippen molar-refractivity contribution in [1.82, 2.24) is 9.78 Å². The topological polar surface area (TPSA) is 64.3 Å². The molecule has 3 aromatic rings. The summed E-state index contributed by atoms with van der Waals surface area (Å²) in [7, 11) is 1.27. The van der Waals surface area contributed by atoms with Crippen molar-refractivity contribution in [3.8, 4) is 5.75 Å². The number of carbonyl (C=O) groups is 1. The maximum atomic E-state index is 12.8. The van der Waals surface area contributed by atoms with Gasteiger partial charge in [0.25, 0.3) is 0 Å². The fourth-order valence-corrected chi connectivity index (χ4v) is 2.51. The molecule has 0 saturated heterocycles. The van der Waals surface area contributed by atoms with Crippen LogP contribution in [-0.2, 0) is 17.5 Å². The second-order valence-corrected chi connectivity index (χ2v) is 5.41. The highest BCUT2D eigenvalue weighted by Crippen LogP contribution is 2.32. The van der Waals surface area contributed by atoms with Gasteiger partial charge in [0.05, 0.1) is 36.5 Å². The quantitative estimate of drug-likeness (QED) is 0.733. The molecule has 8 heteroatoms. The van der Waals surface area contributed by atoms with Crippen LogP contribution in [-0.4, -0.2) is 28.0 Å². The number of aromatic hydroxyl groups is 1. The Labute approximate surface area is 140 Å². The average Bonchev–Trinajstić information content (AvgIpc) is 2.97. The van der Waals surface area contributed by atoms with Gasteiger partial charge < -0.3 is 9.84 Å². The van der Waals surface area contributed by atoms with E-state index in [9.17, 15) is 23.1 Å². The van der Waals surface area contributed by atoms with Crippen molar-refractivity contribution in [2.24, 2.45) is 0 Å². The van der Waals surface area contributed by atoms with Crippen LogP contribution in [0.15, 0.2) is 42.6 Å². The van der Waals surface area contributed by atoms with Crippen LogP contribution in [0.4, 0.5) is 13.2 Å². The first-order chi connectivity index (χ1) is 11.8. The molecule has 0 atom stereocenters. The second-order valence-electron chi connectivity index (χ2n) is 5.41. The zero-order valence-corrected chi connectivity index (χ0v) is 13.0. The Hall–Kier alpha value is -3.03. The molecule has 0 aliphatic rings. The normalized spacial score (nSPS) is 11.7. The lowest BCUT2D eigenvalue weighted by molar-refractivity contribution is -0.137. The summed E-state index contributed by atoms with van der Waals surface area (Å²) in [5.41, 5.74) is 0.211. The van der Waals surface area contributed by atoms with E-state index < -0.39 is 17.7 Å². The Morgan fingerprint density at radius 3 is 2.68 bits per heavy atom. The highest BCUT2D eigenvalue weighted by molar-refractivity contribution is 5.94. The van der Waals surface area contributed by atoms with Crippen LogP contribution in [0.1, 0.15) is 21.5 Å². The molecular formula is C17H13F3N2O3. The minimum absolute atomic E-state index is 0.0448. The molecule has 2 aromatic carbocycles. The number of aromatic nitrogens is 2. The van der Waals surface area contributed by atoms with Crippen LogP contribution < -0.4 is 0 Å². The van der Waals surface area contributed by atoms with E-state index in [1.165, 1.54) is 18.0 Å². The first-order valence-corrected chi connectivity index (χ1v) is 7.22. The number of benzene rings is 2. The highest BCUT2D eigenvalue weighted by atomic mass is 19.4. The lowest BCUT2D eigenvalue weighted by Gasteiger charge is -2.11. The molecule has 0 saturated carbocycles. The molecule has 25 heavy (non-hydrogen) atoms. The highest BCUT2D eigenvalue weighted by Gasteiger charge is 2.31. The third-order valence-electron chi connectivity index (χ3n) is 3.79. The molecule has 1 heterocycles. The lowest BCUT2D eigenvalue weighted by atomic mass is 10.1. The van der Waals surface area contributed by atoms with E-state index in [-0.39, 0.29) is 17.9 Å². The molecule has 5 nitrogen and oxygen atoms in total. The van der Waals surface area contributed by atoms with Gasteiger partial charge in [-0.3, -0.25) is 4.68 Å². The molecular weight excluding hydrogens is 337 g/mol. The Morgan fingerprint density at radius 2 is 2.00 bits per heavy atom. The van der Waals surface area contributed by atoms with E-state index in [0.29, 0.717) is 16.5 Å². The van der Waals surface area contributed by atoms with E-state index in [2.05, 4.69) is 9.84 Å². The SMILES string of the molecule is COC(=O)c1ccc2c(cnn2Cc2cc(C(F)(F)F)ccc2O)c1. The van der Waals surface area contributed by atoms with Crippen molar-refractivity contribution in [2.75, 3.05) is 7.11 Å². The molecule has 0 aliphatic heterocycles. The number of methoxy groups -OCH3 is 1. The predicted molar refractivity (Wildman–Crippen MR) is 83.3 cm³/mol. The monoisotopic (exact) mass is 350 g/mol. The van der Waals surface area contributed by atoms with Crippen molar-refractivity contribution < 1.29 is 27.8 Å². The van der Waals surface area contributed by atoms with Gasteiger partial charge in [0.1, 0.15) is 5.75 Å². The third kappa shape index (κ3) is 3.28. The van der Waals surface area contributed by atoms with E-state index in [1.54, 1.807) is 18.2 Å². The van der Waals surface area contributed by atoms with Crippen LogP contribution in [0, 0.1) is 0 Å². The van der Waals surface area contributed by atoms with Gasteiger partial charge in [-0.2, -0.15) is 18.3 Å². The summed E-state index contributed by atoms with van der Waals surface area (Å²) in [5.74, 6) is -0.743. The summed E-state index contributed by atoms with van der Waals surface area (Å²) in [6, 6.07) is 7.47. The number of phenols is 1. The number of carbonyl (C=O) groups excluding carboxylic acids is 1. The summed E-state index contributed by atoms with van der Waals surface area (Å²) in [4.78, 5) is 11.5. The van der Waals surface area contributed by atoms with Crippen molar-refractivity contribution in [1.29, 1.82) is 0 Å². The third-order valence-corrected chi connectivity index (χ3v) is 3.79. The number of hydrogen-bond donors (Lipinski definition) is 1. The van der Waals surface area contributed by atoms with Crippen molar-refractivity contribution in [2.45, 2.75) is 12.7 Å². The lowest BCUT2D eigenvalue weighted by Crippen LogP contribution is -2.08. The second kappa shape index (κ2) is 6.12. The van der Waals surface area contributed by atoms with Gasteiger partial charge in [-0.1, -0.05) is 0 Å². The van der Waals surface area contributed by atoms with Gasteiger partial charge in [0.2, 0.25) is 0 Å². The smallest absolute Gasteiger partial charge is 0.416 e. The molecule has 0 fully saturated rings. The average molecular weight is 350 g/mol. The Morgan fingerprint density at radius 1 is 1.24 bits per heavy atom. The number of fused-ring (bicyclic) bond motifs is 1. The van der Waals surface area contributed by atoms with Gasteiger partial charge in [-0.15, -0.1) is 0 Å². The first-order valence-electron chi connectivity index (χ1n) is 7.22. The zero-order chi connectivity index (χ0) is 18.2. The molecule has 0 bridgehead atoms. The summed E-state index contributed by atoms with van der Waals surface area (Å²) < 4.78 is 44.6. The van der Waals surface area contributed by atoms with Gasteiger partial charge in [0, 0.05) is 10.9 Å². The minimum Gasteiger partial charge on any atom is -0.508 e. The Balaban J connectivity index is 1.97. The number of nitrogens with zero attached hydrogens (tertiary/aromatic N) is 2. The van der Waals surface area contributed by atoms with E-state index in [0.717, 1.165) is 18.2 Å². The summed E-state index contributed by atoms with van der Waals surface area (Å²) in [6.07, 6.45) is -3.00. The summed E-state index contributed by atoms with van der Waals surface area (Å²) in [5, 5.41) is 14.6. The molecule has 0 spiro atoms. The molecule has 0 radical (unpaired) electrons. The van der Waals surface area contributed by atoms with Gasteiger partial charge in [-0.25, -0.2) is 4.79 Å². The van der Waals surface area contributed by atoms with Crippen molar-refractivity contribution in [3.05, 3.63) is 59.3 Å². The van der Waals surface area contributed by atoms with Crippen LogP contribution in [0.2, 0.25) is 0 Å². The summed E-state index contributed by atoms with van der Waals surface area (Å²) >= 11 is 0. The minimum atomic E-state index is -4.50. The number of ether oxygens (including phenoxy) is 1. The Bertz CT molecular complexity index is 948. The molecule has 3 rings (SSSR count). The number of rotatable bonds is 3. The Kier molecular flexibility index (Phi) is 4.12. The maximum absolute atomic E-state index is 12.8. The first kappa shape index (κ1) is 16.8. The van der Waals surface area contributed by atoms with E-state index in [4.69, 9.17) is 0 Å². The van der Waals surface area contributed by atoms with Crippen LogP contribution in [0.3, 0.4) is 0 Å². The molecule has 1 aromatic heterocycles. The van der Waals surface area contributed by atoms with Crippen LogP contribution in [0.25, 0.3) is 10.9 Å². The maximum Gasteiger partial charge on any atom is 0.416 e. The molecule has 0 amide bonds. The van der Waals surface area contributed by atoms with Crippen molar-refractivity contribution in [3.63, 3.8) is 0 Å². The van der Waals surface area contributed by atoms with Gasteiger partial charge in [0.15, 0.2) is 0 Å². The number of alkyl halides is 3. The molecule has 0 unspecified atom stereocenters. The number of phenolic OH excluding ortho intramolecular Hbond substituents is 1. The van der Waals surface area contributed by atoms with E-state index in [1.807, 2.05) is 0 Å². The molecule has 0 aliphatic carbocycles. The number of esters is 1. The van der Waals surface area contributed by atoms with Crippen LogP contribution >= 0.6 is 0 Å². The van der Waals surface area contributed by atoms with Crippen LogP contribution in [0.5, 0.6) is 5.75 Å². The fraction of sp³-hybridized carbons (Fsp3) is 0.176. The fourth-order valence-electron chi connectivity index (χ4n) is 2.51. The van der Waals surface area contributed by atoms with Gasteiger partial charge >= 0.3 is 12.1 Å². The molecule has 1 N–H and O–H groups in total. The molecule has 130 valence electrons. The summed E-state index contributed by atoms with van der Waals surface area (Å²) in [6.45, 7) is -0.0448. The zero-order valence-electron chi connectivity index (χ0n) is 13.0. The number of hydrogen-bond acceptors (Lipinski definition) is 4. The van der Waals surface area contributed by atoms with Gasteiger partial charge in [-0.05, 0) is 36.4 Å². The van der Waals surface area contributed by atoms with Crippen molar-refractivity contribution >= 4 is 16.9 Å². The van der Waals surface area contributed by atoms with E-state index >= 15 is 0 Å². The largest absolute Gasteiger partial charge is 0.508 e. The number of halogens is 3.